The summed E-state index contributed by atoms with van der Waals surface area (Å²) in [6, 6.07) is 0. The maximum atomic E-state index is 11.2. The van der Waals surface area contributed by atoms with E-state index in [0.29, 0.717) is 24.4 Å². The molecule has 2 aromatic heterocycles. The molecule has 0 aromatic carbocycles. The van der Waals surface area contributed by atoms with Crippen LogP contribution < -0.4 is 10.2 Å². The minimum Gasteiger partial charge on any atom is -0.359 e. The predicted molar refractivity (Wildman–Crippen MR) is 62.7 cm³/mol. The van der Waals surface area contributed by atoms with Crippen LogP contribution in [0.15, 0.2) is 18.7 Å². The van der Waals surface area contributed by atoms with Gasteiger partial charge in [-0.3, -0.25) is 9.20 Å². The molecule has 1 N–H and O–H groups in total. The smallest absolute Gasteiger partial charge is 0.221 e. The molecular formula is C10H14N6O. The second-order valence-corrected chi connectivity index (χ2v) is 3.66. The van der Waals surface area contributed by atoms with Gasteiger partial charge in [-0.25, -0.2) is 4.98 Å². The molecular weight excluding hydrogens is 220 g/mol. The summed E-state index contributed by atoms with van der Waals surface area (Å²) >= 11 is 0. The lowest BCUT2D eigenvalue weighted by molar-refractivity contribution is -0.120. The van der Waals surface area contributed by atoms with E-state index in [1.54, 1.807) is 30.2 Å². The van der Waals surface area contributed by atoms with Crippen LogP contribution >= 0.6 is 0 Å². The Bertz CT molecular complexity index is 522. The maximum Gasteiger partial charge on any atom is 0.221 e. The molecule has 0 radical (unpaired) electrons. The van der Waals surface area contributed by atoms with Gasteiger partial charge in [0.1, 0.15) is 6.33 Å². The van der Waals surface area contributed by atoms with Crippen molar-refractivity contribution in [1.29, 1.82) is 0 Å². The highest BCUT2D eigenvalue weighted by atomic mass is 16.1. The van der Waals surface area contributed by atoms with Gasteiger partial charge in [0, 0.05) is 39.5 Å². The molecule has 0 saturated heterocycles. The number of nitrogens with one attached hydrogen (secondary N) is 1. The number of aromatic nitrogens is 4. The number of amides is 1. The molecule has 0 fully saturated rings. The highest BCUT2D eigenvalue weighted by Gasteiger charge is 2.10. The maximum absolute atomic E-state index is 11.2. The monoisotopic (exact) mass is 234 g/mol. The third-order valence-electron chi connectivity index (χ3n) is 2.51. The molecule has 0 spiro atoms. The first-order valence-corrected chi connectivity index (χ1v) is 5.28. The number of hydrogen-bond acceptors (Lipinski definition) is 5. The van der Waals surface area contributed by atoms with Crippen molar-refractivity contribution in [3.63, 3.8) is 0 Å². The Kier molecular flexibility index (Phi) is 3.17. The molecule has 7 heteroatoms. The third-order valence-corrected chi connectivity index (χ3v) is 2.51. The molecule has 2 rings (SSSR count). The van der Waals surface area contributed by atoms with Crippen LogP contribution in [0.1, 0.15) is 6.42 Å². The first kappa shape index (κ1) is 11.3. The molecule has 7 nitrogen and oxygen atoms in total. The van der Waals surface area contributed by atoms with E-state index in [1.165, 1.54) is 0 Å². The van der Waals surface area contributed by atoms with Gasteiger partial charge in [-0.2, -0.15) is 0 Å². The van der Waals surface area contributed by atoms with Crippen molar-refractivity contribution in [2.24, 2.45) is 0 Å². The van der Waals surface area contributed by atoms with Crippen molar-refractivity contribution in [2.75, 3.05) is 25.5 Å². The summed E-state index contributed by atoms with van der Waals surface area (Å²) in [5.74, 6) is 0.721. The van der Waals surface area contributed by atoms with Gasteiger partial charge in [-0.05, 0) is 0 Å². The van der Waals surface area contributed by atoms with E-state index >= 15 is 0 Å². The number of carbonyl (C=O) groups is 1. The van der Waals surface area contributed by atoms with Crippen molar-refractivity contribution in [3.05, 3.63) is 18.7 Å². The number of anilines is 1. The van der Waals surface area contributed by atoms with Crippen molar-refractivity contribution < 1.29 is 4.79 Å². The van der Waals surface area contributed by atoms with Gasteiger partial charge in [0.25, 0.3) is 0 Å². The van der Waals surface area contributed by atoms with Crippen LogP contribution in [0.4, 0.5) is 5.82 Å². The first-order valence-electron chi connectivity index (χ1n) is 5.28. The molecule has 2 aromatic rings. The van der Waals surface area contributed by atoms with Crippen LogP contribution in [0, 0.1) is 0 Å². The van der Waals surface area contributed by atoms with Gasteiger partial charge in [0.15, 0.2) is 5.82 Å². The van der Waals surface area contributed by atoms with Gasteiger partial charge in [0.2, 0.25) is 11.6 Å². The average molecular weight is 234 g/mol. The lowest BCUT2D eigenvalue weighted by Crippen LogP contribution is -2.27. The fourth-order valence-electron chi connectivity index (χ4n) is 1.51. The Balaban J connectivity index is 2.15. The van der Waals surface area contributed by atoms with Crippen molar-refractivity contribution in [3.8, 4) is 0 Å². The number of fused-ring (bicyclic) bond motifs is 1. The summed E-state index contributed by atoms with van der Waals surface area (Å²) in [6.45, 7) is 0.583. The summed E-state index contributed by atoms with van der Waals surface area (Å²) in [7, 11) is 3.50. The van der Waals surface area contributed by atoms with Crippen LogP contribution in [0.5, 0.6) is 0 Å². The fourth-order valence-corrected chi connectivity index (χ4v) is 1.51. The molecule has 0 aliphatic carbocycles. The van der Waals surface area contributed by atoms with E-state index in [1.807, 2.05) is 11.9 Å². The first-order chi connectivity index (χ1) is 8.22. The Hall–Kier alpha value is -2.18. The lowest BCUT2D eigenvalue weighted by Gasteiger charge is -2.17. The number of carbonyl (C=O) groups excluding carboxylic acids is 1. The van der Waals surface area contributed by atoms with Crippen molar-refractivity contribution in [2.45, 2.75) is 6.42 Å². The Morgan fingerprint density at radius 3 is 3.18 bits per heavy atom. The molecule has 0 aliphatic heterocycles. The topological polar surface area (TPSA) is 75.4 Å². The minimum atomic E-state index is 0.00488. The highest BCUT2D eigenvalue weighted by Crippen LogP contribution is 2.14. The van der Waals surface area contributed by atoms with Gasteiger partial charge >= 0.3 is 0 Å². The summed E-state index contributed by atoms with van der Waals surface area (Å²) in [5.41, 5.74) is 0.687. The standard InChI is InChI=1S/C10H14N6O/c1-11-8(17)3-5-15(2)9-10-14-13-7-16(10)6-4-12-9/h4,6-7H,3,5H2,1-2H3,(H,11,17). The molecule has 1 amide bonds. The SMILES string of the molecule is CNC(=O)CCN(C)c1nccn2cnnc12. The lowest BCUT2D eigenvalue weighted by atomic mass is 10.3. The van der Waals surface area contributed by atoms with E-state index in [-0.39, 0.29) is 5.91 Å². The van der Waals surface area contributed by atoms with E-state index in [2.05, 4.69) is 20.5 Å². The molecule has 0 aliphatic rings. The fraction of sp³-hybridized carbons (Fsp3) is 0.400. The van der Waals surface area contributed by atoms with Crippen molar-refractivity contribution in [1.82, 2.24) is 24.9 Å². The van der Waals surface area contributed by atoms with E-state index in [0.717, 1.165) is 0 Å². The Labute approximate surface area is 98.5 Å². The van der Waals surface area contributed by atoms with Gasteiger partial charge in [-0.1, -0.05) is 0 Å². The van der Waals surface area contributed by atoms with Gasteiger partial charge < -0.3 is 10.2 Å². The second-order valence-electron chi connectivity index (χ2n) is 3.66. The molecule has 0 atom stereocenters. The second kappa shape index (κ2) is 4.77. The van der Waals surface area contributed by atoms with Crippen LogP contribution in [0.2, 0.25) is 0 Å². The molecule has 17 heavy (non-hydrogen) atoms. The van der Waals surface area contributed by atoms with Crippen LogP contribution in [0.3, 0.4) is 0 Å². The van der Waals surface area contributed by atoms with Crippen LogP contribution in [-0.4, -0.2) is 46.1 Å². The highest BCUT2D eigenvalue weighted by molar-refractivity contribution is 5.76. The van der Waals surface area contributed by atoms with Gasteiger partial charge in [-0.15, -0.1) is 10.2 Å². The zero-order valence-corrected chi connectivity index (χ0v) is 9.79. The largest absolute Gasteiger partial charge is 0.359 e. The Morgan fingerprint density at radius 1 is 1.59 bits per heavy atom. The average Bonchev–Trinajstić information content (AvgIpc) is 2.83. The molecule has 0 bridgehead atoms. The van der Waals surface area contributed by atoms with E-state index < -0.39 is 0 Å². The van der Waals surface area contributed by atoms with Gasteiger partial charge in [0.05, 0.1) is 0 Å². The van der Waals surface area contributed by atoms with E-state index in [4.69, 9.17) is 0 Å². The van der Waals surface area contributed by atoms with E-state index in [9.17, 15) is 4.79 Å². The molecule has 90 valence electrons. The number of nitrogens with zero attached hydrogens (tertiary/aromatic N) is 5. The number of rotatable bonds is 4. The third kappa shape index (κ3) is 2.32. The summed E-state index contributed by atoms with van der Waals surface area (Å²) in [6.07, 6.45) is 5.50. The van der Waals surface area contributed by atoms with Crippen LogP contribution in [0.25, 0.3) is 5.65 Å². The predicted octanol–water partition coefficient (Wildman–Crippen LogP) is -0.303. The Morgan fingerprint density at radius 2 is 2.41 bits per heavy atom. The van der Waals surface area contributed by atoms with Crippen molar-refractivity contribution >= 4 is 17.4 Å². The summed E-state index contributed by atoms with van der Waals surface area (Å²) in [4.78, 5) is 17.3. The van der Waals surface area contributed by atoms with Crippen LogP contribution in [-0.2, 0) is 4.79 Å². The zero-order valence-electron chi connectivity index (χ0n) is 9.79. The number of hydrogen-bond donors (Lipinski definition) is 1. The summed E-state index contributed by atoms with van der Waals surface area (Å²) in [5, 5.41) is 10.4. The molecule has 0 saturated carbocycles. The molecule has 0 unspecified atom stereocenters. The summed E-state index contributed by atoms with van der Waals surface area (Å²) < 4.78 is 1.79. The zero-order chi connectivity index (χ0) is 12.3. The quantitative estimate of drug-likeness (QED) is 0.785. The molecule has 2 heterocycles. The normalized spacial score (nSPS) is 10.5. The minimum absolute atomic E-state index is 0.00488.